The Morgan fingerprint density at radius 1 is 1.04 bits per heavy atom. The molecule has 2 heterocycles. The number of amides is 2. The fourth-order valence-corrected chi connectivity index (χ4v) is 3.51. The zero-order valence-corrected chi connectivity index (χ0v) is 14.7. The van der Waals surface area contributed by atoms with Crippen LogP contribution >= 0.6 is 11.3 Å². The highest BCUT2D eigenvalue weighted by Gasteiger charge is 2.16. The third-order valence-electron chi connectivity index (χ3n) is 3.73. The highest BCUT2D eigenvalue weighted by molar-refractivity contribution is 7.22. The van der Waals surface area contributed by atoms with Crippen LogP contribution in [0, 0.1) is 0 Å². The molecule has 0 aliphatic carbocycles. The number of nitrogens with zero attached hydrogens (tertiary/aromatic N) is 1. The molecule has 0 bridgehead atoms. The molecule has 0 fully saturated rings. The molecule has 1 aliphatic rings. The van der Waals surface area contributed by atoms with Crippen molar-refractivity contribution in [3.8, 4) is 11.5 Å². The molecule has 0 spiro atoms. The number of nitrogens with one attached hydrogen (secondary N) is 2. The second-order valence-corrected chi connectivity index (χ2v) is 6.73. The quantitative estimate of drug-likeness (QED) is 0.739. The maximum absolute atomic E-state index is 12.5. The number of hydrogen-bond acceptors (Lipinski definition) is 6. The number of aromatic nitrogens is 1. The molecule has 2 N–H and O–H groups in total. The summed E-state index contributed by atoms with van der Waals surface area (Å²) in [7, 11) is 0. The van der Waals surface area contributed by atoms with Crippen molar-refractivity contribution in [2.45, 2.75) is 6.92 Å². The Balaban J connectivity index is 1.54. The van der Waals surface area contributed by atoms with Crippen LogP contribution in [0.15, 0.2) is 36.4 Å². The lowest BCUT2D eigenvalue weighted by molar-refractivity contribution is -0.114. The fourth-order valence-electron chi connectivity index (χ4n) is 2.61. The Hall–Kier alpha value is -3.13. The molecule has 7 nitrogen and oxygen atoms in total. The molecule has 3 aromatic rings. The smallest absolute Gasteiger partial charge is 0.257 e. The van der Waals surface area contributed by atoms with Crippen LogP contribution in [0.4, 0.5) is 10.8 Å². The molecular formula is C18H15N3O4S. The van der Waals surface area contributed by atoms with E-state index in [9.17, 15) is 9.59 Å². The third-order valence-corrected chi connectivity index (χ3v) is 4.67. The van der Waals surface area contributed by atoms with Crippen molar-refractivity contribution in [2.24, 2.45) is 0 Å². The first-order valence-electron chi connectivity index (χ1n) is 7.98. The Kier molecular flexibility index (Phi) is 4.18. The van der Waals surface area contributed by atoms with Gasteiger partial charge in [-0.3, -0.25) is 14.9 Å². The van der Waals surface area contributed by atoms with E-state index < -0.39 is 0 Å². The van der Waals surface area contributed by atoms with Crippen molar-refractivity contribution in [3.63, 3.8) is 0 Å². The minimum Gasteiger partial charge on any atom is -0.486 e. The molecule has 1 aromatic heterocycles. The average molecular weight is 369 g/mol. The van der Waals surface area contributed by atoms with Gasteiger partial charge < -0.3 is 14.8 Å². The molecule has 8 heteroatoms. The summed E-state index contributed by atoms with van der Waals surface area (Å²) < 4.78 is 11.8. The van der Waals surface area contributed by atoms with Gasteiger partial charge in [0, 0.05) is 18.2 Å². The summed E-state index contributed by atoms with van der Waals surface area (Å²) in [4.78, 5) is 28.1. The van der Waals surface area contributed by atoms with E-state index in [4.69, 9.17) is 9.47 Å². The molecule has 0 saturated carbocycles. The largest absolute Gasteiger partial charge is 0.486 e. The number of ether oxygens (including phenoxy) is 2. The molecular weight excluding hydrogens is 354 g/mol. The Labute approximate surface area is 152 Å². The van der Waals surface area contributed by atoms with Gasteiger partial charge in [0.1, 0.15) is 13.2 Å². The van der Waals surface area contributed by atoms with E-state index in [2.05, 4.69) is 15.6 Å². The molecule has 132 valence electrons. The first-order chi connectivity index (χ1) is 12.6. The number of carbonyl (C=O) groups is 2. The zero-order valence-electron chi connectivity index (χ0n) is 13.9. The van der Waals surface area contributed by atoms with Crippen molar-refractivity contribution in [3.05, 3.63) is 42.0 Å². The van der Waals surface area contributed by atoms with Crippen LogP contribution in [-0.2, 0) is 4.79 Å². The van der Waals surface area contributed by atoms with Gasteiger partial charge in [-0.25, -0.2) is 4.98 Å². The number of benzene rings is 2. The van der Waals surface area contributed by atoms with Gasteiger partial charge >= 0.3 is 0 Å². The first-order valence-corrected chi connectivity index (χ1v) is 8.79. The van der Waals surface area contributed by atoms with E-state index in [-0.39, 0.29) is 11.8 Å². The minimum atomic E-state index is -0.275. The van der Waals surface area contributed by atoms with Crippen LogP contribution in [0.2, 0.25) is 0 Å². The second-order valence-electron chi connectivity index (χ2n) is 5.70. The van der Waals surface area contributed by atoms with Crippen LogP contribution in [0.25, 0.3) is 10.2 Å². The van der Waals surface area contributed by atoms with E-state index in [1.54, 1.807) is 30.3 Å². The van der Waals surface area contributed by atoms with E-state index in [1.807, 2.05) is 6.07 Å². The number of rotatable bonds is 3. The van der Waals surface area contributed by atoms with E-state index in [1.165, 1.54) is 18.3 Å². The Morgan fingerprint density at radius 3 is 2.65 bits per heavy atom. The van der Waals surface area contributed by atoms with Crippen molar-refractivity contribution in [1.82, 2.24) is 4.98 Å². The van der Waals surface area contributed by atoms with Crippen LogP contribution < -0.4 is 20.1 Å². The molecule has 2 amide bonds. The topological polar surface area (TPSA) is 89.6 Å². The molecule has 26 heavy (non-hydrogen) atoms. The molecule has 2 aromatic carbocycles. The van der Waals surface area contributed by atoms with Gasteiger partial charge in [0.15, 0.2) is 16.6 Å². The van der Waals surface area contributed by atoms with Crippen molar-refractivity contribution in [2.75, 3.05) is 23.8 Å². The molecule has 4 rings (SSSR count). The van der Waals surface area contributed by atoms with Gasteiger partial charge in [-0.15, -0.1) is 0 Å². The van der Waals surface area contributed by atoms with Gasteiger partial charge in [-0.2, -0.15) is 0 Å². The van der Waals surface area contributed by atoms with Crippen molar-refractivity contribution >= 4 is 44.2 Å². The van der Waals surface area contributed by atoms with Crippen LogP contribution in [0.3, 0.4) is 0 Å². The van der Waals surface area contributed by atoms with Gasteiger partial charge in [-0.1, -0.05) is 11.3 Å². The van der Waals surface area contributed by atoms with Crippen LogP contribution in [0.5, 0.6) is 11.5 Å². The highest BCUT2D eigenvalue weighted by atomic mass is 32.1. The fraction of sp³-hybridized carbons (Fsp3) is 0.167. The number of carbonyl (C=O) groups excluding carboxylic acids is 2. The summed E-state index contributed by atoms with van der Waals surface area (Å²) in [5.74, 6) is 0.788. The molecule has 0 saturated heterocycles. The maximum Gasteiger partial charge on any atom is 0.257 e. The lowest BCUT2D eigenvalue weighted by Crippen LogP contribution is -2.17. The second kappa shape index (κ2) is 6.64. The van der Waals surface area contributed by atoms with Gasteiger partial charge in [-0.05, 0) is 36.4 Å². The summed E-state index contributed by atoms with van der Waals surface area (Å²) in [6, 6.07) is 10.5. The summed E-state index contributed by atoms with van der Waals surface area (Å²) in [6.45, 7) is 2.42. The van der Waals surface area contributed by atoms with Crippen LogP contribution in [0.1, 0.15) is 17.3 Å². The lowest BCUT2D eigenvalue weighted by atomic mass is 10.2. The van der Waals surface area contributed by atoms with Gasteiger partial charge in [0.05, 0.1) is 10.2 Å². The van der Waals surface area contributed by atoms with E-state index in [0.29, 0.717) is 41.1 Å². The Bertz CT molecular complexity index is 1010. The van der Waals surface area contributed by atoms with Crippen molar-refractivity contribution in [1.29, 1.82) is 0 Å². The van der Waals surface area contributed by atoms with Crippen LogP contribution in [-0.4, -0.2) is 30.0 Å². The molecule has 1 aliphatic heterocycles. The SMILES string of the molecule is CC(=O)Nc1ccc2nc(NC(=O)c3ccc4c(c3)OCCO4)sc2c1. The van der Waals surface area contributed by atoms with E-state index in [0.717, 1.165) is 10.2 Å². The van der Waals surface area contributed by atoms with E-state index >= 15 is 0 Å². The number of fused-ring (bicyclic) bond motifs is 2. The lowest BCUT2D eigenvalue weighted by Gasteiger charge is -2.18. The van der Waals surface area contributed by atoms with Gasteiger partial charge in [0.2, 0.25) is 5.91 Å². The summed E-state index contributed by atoms with van der Waals surface area (Å²) in [6.07, 6.45) is 0. The molecule has 0 radical (unpaired) electrons. The number of thiazole rings is 1. The monoisotopic (exact) mass is 369 g/mol. The first kappa shape index (κ1) is 16.3. The normalized spacial score (nSPS) is 12.7. The Morgan fingerprint density at radius 2 is 1.85 bits per heavy atom. The molecule has 0 atom stereocenters. The summed E-state index contributed by atoms with van der Waals surface area (Å²) in [5.41, 5.74) is 1.91. The standard InChI is InChI=1S/C18H15N3O4S/c1-10(22)19-12-3-4-13-16(9-12)26-18(20-13)21-17(23)11-2-5-14-15(8-11)25-7-6-24-14/h2-5,8-9H,6-7H2,1H3,(H,19,22)(H,20,21,23). The third kappa shape index (κ3) is 3.31. The van der Waals surface area contributed by atoms with Crippen molar-refractivity contribution < 1.29 is 19.1 Å². The zero-order chi connectivity index (χ0) is 18.1. The summed E-state index contributed by atoms with van der Waals surface area (Å²) in [5, 5.41) is 6.01. The van der Waals surface area contributed by atoms with Gasteiger partial charge in [0.25, 0.3) is 5.91 Å². The predicted octanol–water partition coefficient (Wildman–Crippen LogP) is 3.28. The summed E-state index contributed by atoms with van der Waals surface area (Å²) >= 11 is 1.34. The minimum absolute atomic E-state index is 0.138. The predicted molar refractivity (Wildman–Crippen MR) is 99.3 cm³/mol. The highest BCUT2D eigenvalue weighted by Crippen LogP contribution is 2.32. The molecule has 0 unspecified atom stereocenters. The number of anilines is 2. The maximum atomic E-state index is 12.5. The average Bonchev–Trinajstić information content (AvgIpc) is 3.02. The number of hydrogen-bond donors (Lipinski definition) is 2.